The fourth-order valence-electron chi connectivity index (χ4n) is 6.69. The molecule has 4 amide bonds. The van der Waals surface area contributed by atoms with Gasteiger partial charge in [-0.05, 0) is 70.8 Å². The second kappa shape index (κ2) is 16.6. The highest BCUT2D eigenvalue weighted by Crippen LogP contribution is 2.27. The van der Waals surface area contributed by atoms with Gasteiger partial charge in [-0.2, -0.15) is 0 Å². The Hall–Kier alpha value is -3.21. The van der Waals surface area contributed by atoms with Gasteiger partial charge in [-0.3, -0.25) is 24.1 Å². The Labute approximate surface area is 276 Å². The summed E-state index contributed by atoms with van der Waals surface area (Å²) in [6.07, 6.45) is 12.2. The molecule has 0 bridgehead atoms. The maximum Gasteiger partial charge on any atom is 0.249 e. The minimum absolute atomic E-state index is 0.0102. The fourth-order valence-corrected chi connectivity index (χ4v) is 6.69. The molecule has 2 aliphatic heterocycles. The van der Waals surface area contributed by atoms with Gasteiger partial charge in [-0.25, -0.2) is 4.98 Å². The quantitative estimate of drug-likeness (QED) is 0.251. The first-order chi connectivity index (χ1) is 21.6. The highest BCUT2D eigenvalue weighted by Gasteiger charge is 2.40. The fraction of sp³-hybridized carbons (Fsp3) is 0.743. The third kappa shape index (κ3) is 9.65. The molecule has 1 aromatic heterocycles. The molecule has 2 saturated heterocycles. The summed E-state index contributed by atoms with van der Waals surface area (Å²) in [5.74, 6) is -0.588. The number of hydrogen-bond donors (Lipinski definition) is 2. The van der Waals surface area contributed by atoms with E-state index in [0.717, 1.165) is 45.2 Å². The Balaban J connectivity index is 1.69. The minimum Gasteiger partial charge on any atom is -0.354 e. The average molecular weight is 642 g/mol. The van der Waals surface area contributed by atoms with Gasteiger partial charge >= 0.3 is 0 Å². The molecule has 3 rings (SSSR count). The molecular formula is C35H59N7O4. The van der Waals surface area contributed by atoms with Gasteiger partial charge in [0.25, 0.3) is 0 Å². The molecule has 1 aromatic rings. The van der Waals surface area contributed by atoms with E-state index in [2.05, 4.69) is 34.4 Å². The molecule has 0 saturated carbocycles. The van der Waals surface area contributed by atoms with Crippen LogP contribution in [0.25, 0.3) is 0 Å². The Morgan fingerprint density at radius 2 is 1.70 bits per heavy atom. The summed E-state index contributed by atoms with van der Waals surface area (Å²) in [7, 11) is 1.75. The molecule has 11 nitrogen and oxygen atoms in total. The van der Waals surface area contributed by atoms with Crippen molar-refractivity contribution in [2.24, 2.45) is 11.3 Å². The van der Waals surface area contributed by atoms with Crippen molar-refractivity contribution >= 4 is 23.6 Å². The van der Waals surface area contributed by atoms with Gasteiger partial charge in [0.1, 0.15) is 12.1 Å². The van der Waals surface area contributed by atoms with Crippen LogP contribution in [0.3, 0.4) is 0 Å². The number of nitrogens with one attached hydrogen (secondary N) is 2. The number of aromatic nitrogens is 2. The molecule has 3 heterocycles. The maximum absolute atomic E-state index is 14.1. The third-order valence-corrected chi connectivity index (χ3v) is 9.41. The van der Waals surface area contributed by atoms with Gasteiger partial charge in [0.2, 0.25) is 23.6 Å². The summed E-state index contributed by atoms with van der Waals surface area (Å²) < 4.78 is 1.97. The van der Waals surface area contributed by atoms with Crippen LogP contribution < -0.4 is 10.6 Å². The summed E-state index contributed by atoms with van der Waals surface area (Å²) in [6.45, 7) is 18.6. The topological polar surface area (TPSA) is 120 Å². The van der Waals surface area contributed by atoms with Crippen molar-refractivity contribution in [2.45, 2.75) is 131 Å². The van der Waals surface area contributed by atoms with Crippen LogP contribution in [0, 0.1) is 11.3 Å². The van der Waals surface area contributed by atoms with Crippen LogP contribution in [0.5, 0.6) is 0 Å². The second-order valence-corrected chi connectivity index (χ2v) is 14.8. The normalized spacial score (nSPS) is 20.9. The molecule has 2 aliphatic rings. The average Bonchev–Trinajstić information content (AvgIpc) is 3.71. The van der Waals surface area contributed by atoms with Crippen molar-refractivity contribution in [1.29, 1.82) is 0 Å². The molecule has 2 N–H and O–H groups in total. The molecular weight excluding hydrogens is 582 g/mol. The zero-order valence-electron chi connectivity index (χ0n) is 29.7. The standard InChI is InChI=1S/C35H59N7O4/c1-24(2)29(39(9)34(46)30(35(6,7)8)38-32(44)28-14-10-11-19-41(28)25(3)4)22-26(5)33(45)42-20-12-15-27(42)31(43)37-16-13-18-40-21-17-36-23-40/h17,21-25,27-30H,10-16,18-20H2,1-9H3,(H,37,43)(H,38,44)/b26-22+/t27?,28?,29-,30?/m1/s1. The van der Waals surface area contributed by atoms with Crippen LogP contribution in [0.1, 0.15) is 93.9 Å². The Bertz CT molecular complexity index is 1200. The molecule has 4 atom stereocenters. The number of hydrogen-bond acceptors (Lipinski definition) is 6. The number of rotatable bonds is 13. The van der Waals surface area contributed by atoms with Crippen LogP contribution >= 0.6 is 0 Å². The van der Waals surface area contributed by atoms with Crippen molar-refractivity contribution in [1.82, 2.24) is 34.9 Å². The highest BCUT2D eigenvalue weighted by atomic mass is 16.2. The van der Waals surface area contributed by atoms with Crippen LogP contribution in [-0.4, -0.2) is 105 Å². The van der Waals surface area contributed by atoms with E-state index in [1.54, 1.807) is 36.3 Å². The first-order valence-electron chi connectivity index (χ1n) is 17.2. The molecule has 0 aromatic carbocycles. The molecule has 46 heavy (non-hydrogen) atoms. The molecule has 2 fully saturated rings. The van der Waals surface area contributed by atoms with Gasteiger partial charge in [-0.15, -0.1) is 0 Å². The SMILES string of the molecule is C/C(=C\[C@H](C(C)C)N(C)C(=O)C(NC(=O)C1CCCCN1C(C)C)C(C)(C)C)C(=O)N1CCCC1C(=O)NCCCn1ccnc1. The molecule has 0 spiro atoms. The van der Waals surface area contributed by atoms with E-state index in [-0.39, 0.29) is 47.7 Å². The zero-order valence-corrected chi connectivity index (χ0v) is 29.7. The van der Waals surface area contributed by atoms with Crippen molar-refractivity contribution < 1.29 is 19.2 Å². The summed E-state index contributed by atoms with van der Waals surface area (Å²) in [5.41, 5.74) is -0.0205. The maximum atomic E-state index is 14.1. The van der Waals surface area contributed by atoms with E-state index >= 15 is 0 Å². The number of amides is 4. The summed E-state index contributed by atoms with van der Waals surface area (Å²) in [5, 5.41) is 6.14. The van der Waals surface area contributed by atoms with Gasteiger partial charge < -0.3 is 25.0 Å². The number of aryl methyl sites for hydroxylation is 1. The lowest BCUT2D eigenvalue weighted by Crippen LogP contribution is -2.60. The van der Waals surface area contributed by atoms with Crippen LogP contribution in [0.2, 0.25) is 0 Å². The Kier molecular flexibility index (Phi) is 13.4. The molecule has 0 aliphatic carbocycles. The Morgan fingerprint density at radius 1 is 1.00 bits per heavy atom. The lowest BCUT2D eigenvalue weighted by atomic mass is 9.84. The van der Waals surface area contributed by atoms with E-state index in [4.69, 9.17) is 0 Å². The number of carbonyl (C=O) groups is 4. The first kappa shape index (κ1) is 37.2. The molecule has 3 unspecified atom stereocenters. The van der Waals surface area contributed by atoms with Crippen LogP contribution in [0.4, 0.5) is 0 Å². The molecule has 258 valence electrons. The molecule has 11 heteroatoms. The number of piperidine rings is 1. The lowest BCUT2D eigenvalue weighted by Gasteiger charge is -2.41. The minimum atomic E-state index is -0.730. The van der Waals surface area contributed by atoms with E-state index in [0.29, 0.717) is 25.1 Å². The van der Waals surface area contributed by atoms with Crippen molar-refractivity contribution in [3.05, 3.63) is 30.4 Å². The van der Waals surface area contributed by atoms with Gasteiger partial charge in [0.05, 0.1) is 18.4 Å². The van der Waals surface area contributed by atoms with Crippen molar-refractivity contribution in [3.63, 3.8) is 0 Å². The lowest BCUT2D eigenvalue weighted by molar-refractivity contribution is -0.142. The van der Waals surface area contributed by atoms with E-state index in [9.17, 15) is 19.2 Å². The Morgan fingerprint density at radius 3 is 2.30 bits per heavy atom. The number of imidazole rings is 1. The van der Waals surface area contributed by atoms with E-state index in [1.807, 2.05) is 51.5 Å². The predicted molar refractivity (Wildman–Crippen MR) is 181 cm³/mol. The van der Waals surface area contributed by atoms with Gasteiger partial charge in [-0.1, -0.05) is 47.1 Å². The molecule has 0 radical (unpaired) electrons. The number of nitrogens with zero attached hydrogens (tertiary/aromatic N) is 5. The van der Waals surface area contributed by atoms with Gasteiger partial charge in [0.15, 0.2) is 0 Å². The highest BCUT2D eigenvalue weighted by molar-refractivity contribution is 5.97. The first-order valence-corrected chi connectivity index (χ1v) is 17.2. The largest absolute Gasteiger partial charge is 0.354 e. The van der Waals surface area contributed by atoms with Gasteiger partial charge in [0, 0.05) is 50.7 Å². The number of likely N-dealkylation sites (N-methyl/N-ethyl adjacent to an activating group) is 1. The van der Waals surface area contributed by atoms with E-state index < -0.39 is 17.5 Å². The second-order valence-electron chi connectivity index (χ2n) is 14.8. The van der Waals surface area contributed by atoms with Crippen molar-refractivity contribution in [2.75, 3.05) is 26.7 Å². The predicted octanol–water partition coefficient (Wildman–Crippen LogP) is 3.60. The number of carbonyl (C=O) groups excluding carboxylic acids is 4. The van der Waals surface area contributed by atoms with Crippen molar-refractivity contribution in [3.8, 4) is 0 Å². The van der Waals surface area contributed by atoms with Crippen LogP contribution in [0.15, 0.2) is 30.4 Å². The van der Waals surface area contributed by atoms with Crippen LogP contribution in [-0.2, 0) is 25.7 Å². The summed E-state index contributed by atoms with van der Waals surface area (Å²) in [6, 6.07) is -1.62. The zero-order chi connectivity index (χ0) is 34.2. The number of likely N-dealkylation sites (tertiary alicyclic amines) is 2. The monoisotopic (exact) mass is 641 g/mol. The summed E-state index contributed by atoms with van der Waals surface area (Å²) >= 11 is 0. The summed E-state index contributed by atoms with van der Waals surface area (Å²) in [4.78, 5) is 64.1. The smallest absolute Gasteiger partial charge is 0.249 e. The van der Waals surface area contributed by atoms with E-state index in [1.165, 1.54) is 0 Å². The third-order valence-electron chi connectivity index (χ3n) is 9.41.